The van der Waals surface area contributed by atoms with E-state index in [1.165, 1.54) is 51.4 Å². The van der Waals surface area contributed by atoms with Crippen LogP contribution >= 0.6 is 0 Å². The summed E-state index contributed by atoms with van der Waals surface area (Å²) >= 11 is 0. The summed E-state index contributed by atoms with van der Waals surface area (Å²) in [5, 5.41) is 0. The Morgan fingerprint density at radius 1 is 0.338 bits per heavy atom. The van der Waals surface area contributed by atoms with Crippen molar-refractivity contribution in [2.75, 3.05) is 13.2 Å². The molecule has 0 radical (unpaired) electrons. The molecule has 0 fully saturated rings. The molecule has 6 heteroatoms. The van der Waals surface area contributed by atoms with Gasteiger partial charge in [-0.2, -0.15) is 0 Å². The van der Waals surface area contributed by atoms with E-state index >= 15 is 0 Å². The number of esters is 3. The van der Waals surface area contributed by atoms with Crippen molar-refractivity contribution in [3.8, 4) is 0 Å². The molecule has 0 N–H and O–H groups in total. The van der Waals surface area contributed by atoms with Crippen LogP contribution in [0.1, 0.15) is 213 Å². The van der Waals surface area contributed by atoms with Crippen LogP contribution in [0.3, 0.4) is 0 Å². The molecular formula is C59H94O6. The van der Waals surface area contributed by atoms with Crippen molar-refractivity contribution in [3.63, 3.8) is 0 Å². The molecular weight excluding hydrogens is 805 g/mol. The van der Waals surface area contributed by atoms with E-state index in [2.05, 4.69) is 93.7 Å². The molecule has 0 amide bonds. The molecule has 0 aromatic heterocycles. The summed E-state index contributed by atoms with van der Waals surface area (Å²) in [6.07, 6.45) is 71.8. The predicted octanol–water partition coefficient (Wildman–Crippen LogP) is 17.3. The fourth-order valence-electron chi connectivity index (χ4n) is 6.70. The van der Waals surface area contributed by atoms with Gasteiger partial charge in [0.1, 0.15) is 13.2 Å². The molecule has 0 aromatic rings. The van der Waals surface area contributed by atoms with Crippen LogP contribution in [0.5, 0.6) is 0 Å². The van der Waals surface area contributed by atoms with Crippen LogP contribution in [0.25, 0.3) is 0 Å². The van der Waals surface area contributed by atoms with Crippen LogP contribution in [-0.4, -0.2) is 37.2 Å². The van der Waals surface area contributed by atoms with Crippen molar-refractivity contribution >= 4 is 17.9 Å². The Kier molecular flexibility index (Phi) is 49.1. The topological polar surface area (TPSA) is 78.9 Å². The van der Waals surface area contributed by atoms with Gasteiger partial charge in [0.05, 0.1) is 0 Å². The third kappa shape index (κ3) is 50.7. The highest BCUT2D eigenvalue weighted by Crippen LogP contribution is 2.13. The molecule has 0 heterocycles. The number of hydrogen-bond acceptors (Lipinski definition) is 6. The second-order valence-electron chi connectivity index (χ2n) is 16.8. The highest BCUT2D eigenvalue weighted by atomic mass is 16.6. The lowest BCUT2D eigenvalue weighted by Gasteiger charge is -2.18. The van der Waals surface area contributed by atoms with E-state index in [-0.39, 0.29) is 37.5 Å². The summed E-state index contributed by atoms with van der Waals surface area (Å²) < 4.78 is 16.7. The molecule has 0 spiro atoms. The van der Waals surface area contributed by atoms with Gasteiger partial charge in [0.15, 0.2) is 6.10 Å². The third-order valence-electron chi connectivity index (χ3n) is 10.6. The lowest BCUT2D eigenvalue weighted by atomic mass is 10.1. The summed E-state index contributed by atoms with van der Waals surface area (Å²) in [7, 11) is 0. The van der Waals surface area contributed by atoms with E-state index in [0.717, 1.165) is 116 Å². The Morgan fingerprint density at radius 3 is 1.15 bits per heavy atom. The summed E-state index contributed by atoms with van der Waals surface area (Å²) in [5.74, 6) is -1.00. The number of ether oxygens (including phenoxy) is 3. The fourth-order valence-corrected chi connectivity index (χ4v) is 6.70. The van der Waals surface area contributed by atoms with Gasteiger partial charge in [-0.3, -0.25) is 14.4 Å². The van der Waals surface area contributed by atoms with Gasteiger partial charge in [0, 0.05) is 19.3 Å². The van der Waals surface area contributed by atoms with Gasteiger partial charge in [-0.1, -0.05) is 219 Å². The molecule has 0 aliphatic heterocycles. The molecule has 0 aliphatic carbocycles. The molecule has 0 rings (SSSR count). The quantitative estimate of drug-likeness (QED) is 0.0199. The van der Waals surface area contributed by atoms with Crippen LogP contribution in [0.15, 0.2) is 122 Å². The average molecular weight is 899 g/mol. The largest absolute Gasteiger partial charge is 0.462 e. The lowest BCUT2D eigenvalue weighted by molar-refractivity contribution is -0.167. The van der Waals surface area contributed by atoms with Gasteiger partial charge in [0.25, 0.3) is 0 Å². The van der Waals surface area contributed by atoms with E-state index in [4.69, 9.17) is 14.2 Å². The van der Waals surface area contributed by atoms with Crippen LogP contribution in [0.4, 0.5) is 0 Å². The van der Waals surface area contributed by atoms with Crippen LogP contribution in [0, 0.1) is 0 Å². The second-order valence-corrected chi connectivity index (χ2v) is 16.8. The van der Waals surface area contributed by atoms with Crippen LogP contribution < -0.4 is 0 Å². The minimum atomic E-state index is -0.819. The molecule has 1 unspecified atom stereocenters. The summed E-state index contributed by atoms with van der Waals surface area (Å²) in [6.45, 7) is 6.29. The zero-order chi connectivity index (χ0) is 47.2. The van der Waals surface area contributed by atoms with E-state index < -0.39 is 6.10 Å². The van der Waals surface area contributed by atoms with Crippen LogP contribution in [-0.2, 0) is 28.6 Å². The van der Waals surface area contributed by atoms with Crippen molar-refractivity contribution < 1.29 is 28.6 Å². The summed E-state index contributed by atoms with van der Waals surface area (Å²) in [4.78, 5) is 38.0. The van der Waals surface area contributed by atoms with Crippen LogP contribution in [0.2, 0.25) is 0 Å². The Balaban J connectivity index is 4.53. The normalized spacial score (nSPS) is 13.1. The number of unbranched alkanes of at least 4 members (excludes halogenated alkanes) is 19. The Labute approximate surface area is 399 Å². The van der Waals surface area contributed by atoms with Gasteiger partial charge < -0.3 is 14.2 Å². The van der Waals surface area contributed by atoms with Gasteiger partial charge in [-0.15, -0.1) is 0 Å². The predicted molar refractivity (Wildman–Crippen MR) is 279 cm³/mol. The SMILES string of the molecule is CC\C=C/C=C\C=C/C=C\C=C/CCCCCC(=O)OC(COC(=O)CCCCCC/C=C\C/C=C\C/C=C\CC)COC(=O)CCCCCCC/C=C\C=C/CCCCCCCCC. The molecule has 0 aromatic carbocycles. The highest BCUT2D eigenvalue weighted by molar-refractivity contribution is 5.71. The molecule has 366 valence electrons. The van der Waals surface area contributed by atoms with Gasteiger partial charge in [-0.25, -0.2) is 0 Å². The Bertz CT molecular complexity index is 1400. The molecule has 1 atom stereocenters. The number of hydrogen-bond donors (Lipinski definition) is 0. The minimum absolute atomic E-state index is 0.114. The number of rotatable bonds is 45. The first-order chi connectivity index (χ1) is 32.0. The van der Waals surface area contributed by atoms with E-state index in [0.29, 0.717) is 19.3 Å². The average Bonchev–Trinajstić information content (AvgIpc) is 3.30. The number of allylic oxidation sites excluding steroid dienone is 20. The van der Waals surface area contributed by atoms with Gasteiger partial charge >= 0.3 is 17.9 Å². The first-order valence-electron chi connectivity index (χ1n) is 26.1. The summed E-state index contributed by atoms with van der Waals surface area (Å²) in [6, 6.07) is 0. The smallest absolute Gasteiger partial charge is 0.306 e. The fraction of sp³-hybridized carbons (Fsp3) is 0.610. The molecule has 0 saturated carbocycles. The summed E-state index contributed by atoms with van der Waals surface area (Å²) in [5.41, 5.74) is 0. The monoisotopic (exact) mass is 899 g/mol. The van der Waals surface area contributed by atoms with Crippen molar-refractivity contribution in [1.82, 2.24) is 0 Å². The molecule has 0 bridgehead atoms. The van der Waals surface area contributed by atoms with Crippen molar-refractivity contribution in [3.05, 3.63) is 122 Å². The molecule has 0 aliphatic rings. The molecule has 65 heavy (non-hydrogen) atoms. The first kappa shape index (κ1) is 60.8. The maximum atomic E-state index is 12.8. The van der Waals surface area contributed by atoms with E-state index in [9.17, 15) is 14.4 Å². The van der Waals surface area contributed by atoms with E-state index in [1.807, 2.05) is 48.6 Å². The Hall–Kier alpha value is -4.19. The maximum absolute atomic E-state index is 12.8. The number of carbonyl (C=O) groups excluding carboxylic acids is 3. The second kappa shape index (κ2) is 52.4. The molecule has 0 saturated heterocycles. The van der Waals surface area contributed by atoms with Crippen molar-refractivity contribution in [2.45, 2.75) is 219 Å². The Morgan fingerprint density at radius 2 is 0.677 bits per heavy atom. The van der Waals surface area contributed by atoms with Crippen molar-refractivity contribution in [1.29, 1.82) is 0 Å². The van der Waals surface area contributed by atoms with E-state index in [1.54, 1.807) is 0 Å². The minimum Gasteiger partial charge on any atom is -0.462 e. The van der Waals surface area contributed by atoms with Crippen molar-refractivity contribution in [2.24, 2.45) is 0 Å². The maximum Gasteiger partial charge on any atom is 0.306 e. The third-order valence-corrected chi connectivity index (χ3v) is 10.6. The zero-order valence-corrected chi connectivity index (χ0v) is 41.7. The standard InChI is InChI=1S/C59H94O6/c1-4-7-10-13-16-19-22-25-28-29-30-32-34-37-40-43-46-49-52-58(61)64-55-56(54-63-57(60)51-48-45-42-39-36-33-27-24-21-18-15-12-9-6-3)65-59(62)53-50-47-44-41-38-35-31-26-23-20-17-14-11-8-5-2/h8-9,11-12,14,17-18,20-21,23,26-33,35,38,56H,4-7,10,13,15-16,19,22,24-25,34,36-37,39-55H2,1-3H3/b11-8-,12-9-,17-14-,21-18-,23-20-,29-28-,31-26-,32-30-,33-27-,38-35-. The lowest BCUT2D eigenvalue weighted by Crippen LogP contribution is -2.30. The highest BCUT2D eigenvalue weighted by Gasteiger charge is 2.19. The number of carbonyl (C=O) groups is 3. The van der Waals surface area contributed by atoms with Gasteiger partial charge in [-0.05, 0) is 96.3 Å². The zero-order valence-electron chi connectivity index (χ0n) is 41.7. The molecule has 6 nitrogen and oxygen atoms in total. The first-order valence-corrected chi connectivity index (χ1v) is 26.1. The van der Waals surface area contributed by atoms with Gasteiger partial charge in [0.2, 0.25) is 0 Å².